The number of carbonyl (C=O) groups is 2. The Balaban J connectivity index is 0.778. The minimum absolute atomic E-state index is 0.0252. The molecule has 0 saturated heterocycles. The second kappa shape index (κ2) is 24.8. The maximum Gasteiger partial charge on any atom is 0.292 e. The zero-order valence-corrected chi connectivity index (χ0v) is 34.6. The third-order valence-electron chi connectivity index (χ3n) is 9.84. The number of hydrogen-bond acceptors (Lipinski definition) is 16. The maximum absolute atomic E-state index is 13.0. The molecule has 6 rings (SSSR count). The lowest BCUT2D eigenvalue weighted by molar-refractivity contribution is -0.137. The molecular weight excluding hydrogens is 791 g/mol. The van der Waals surface area contributed by atoms with Gasteiger partial charge in [0.1, 0.15) is 30.0 Å². The van der Waals surface area contributed by atoms with E-state index in [-0.39, 0.29) is 18.5 Å². The molecule has 5 N–H and O–H groups in total. The highest BCUT2D eigenvalue weighted by molar-refractivity contribution is 5.99. The minimum atomic E-state index is -0.0325. The Morgan fingerprint density at radius 3 is 2.15 bits per heavy atom. The van der Waals surface area contributed by atoms with Crippen LogP contribution < -0.4 is 16.8 Å². The number of nitrogens with zero attached hydrogens (tertiary/aromatic N) is 6. The fourth-order valence-corrected chi connectivity index (χ4v) is 6.75. The zero-order chi connectivity index (χ0) is 42.5. The van der Waals surface area contributed by atoms with E-state index in [1.165, 1.54) is 11.9 Å². The molecule has 0 aliphatic carbocycles. The summed E-state index contributed by atoms with van der Waals surface area (Å²) in [4.78, 5) is 37.9. The highest BCUT2D eigenvalue weighted by Crippen LogP contribution is 2.33. The van der Waals surface area contributed by atoms with Gasteiger partial charge in [0.25, 0.3) is 6.01 Å². The molecule has 19 nitrogen and oxygen atoms in total. The van der Waals surface area contributed by atoms with Gasteiger partial charge in [-0.15, -0.1) is 0 Å². The van der Waals surface area contributed by atoms with Gasteiger partial charge in [0.2, 0.25) is 12.3 Å². The summed E-state index contributed by atoms with van der Waals surface area (Å²) in [5.41, 5.74) is 18.8. The number of aromatic nitrogens is 5. The average Bonchev–Trinajstić information content (AvgIpc) is 3.84. The summed E-state index contributed by atoms with van der Waals surface area (Å²) in [6, 6.07) is 12.0. The molecule has 5 aromatic rings. The van der Waals surface area contributed by atoms with Crippen molar-refractivity contribution in [1.29, 1.82) is 0 Å². The van der Waals surface area contributed by atoms with Gasteiger partial charge in [-0.3, -0.25) is 9.59 Å². The van der Waals surface area contributed by atoms with Crippen LogP contribution in [0.5, 0.6) is 0 Å². The Morgan fingerprint density at radius 2 is 1.44 bits per heavy atom. The monoisotopic (exact) mass is 847 g/mol. The van der Waals surface area contributed by atoms with Crippen LogP contribution in [0.2, 0.25) is 0 Å². The maximum atomic E-state index is 13.0. The molecule has 0 unspecified atom stereocenters. The van der Waals surface area contributed by atoms with Crippen molar-refractivity contribution in [2.45, 2.75) is 38.8 Å². The fraction of sp³-hybridized carbons (Fsp3) is 0.524. The highest BCUT2D eigenvalue weighted by atomic mass is 16.6. The molecule has 2 amide bonds. The predicted octanol–water partition coefficient (Wildman–Crippen LogP) is 2.76. The van der Waals surface area contributed by atoms with E-state index in [1.807, 2.05) is 21.7 Å². The molecule has 1 aliphatic rings. The van der Waals surface area contributed by atoms with Gasteiger partial charge >= 0.3 is 0 Å². The quantitative estimate of drug-likeness (QED) is 0.0445. The number of nitrogens with one attached hydrogen (secondary N) is 1. The Morgan fingerprint density at radius 1 is 0.770 bits per heavy atom. The second-order valence-electron chi connectivity index (χ2n) is 14.2. The summed E-state index contributed by atoms with van der Waals surface area (Å²) in [5, 5.41) is 8.11. The Kier molecular flexibility index (Phi) is 18.4. The van der Waals surface area contributed by atoms with Gasteiger partial charge in [-0.1, -0.05) is 18.2 Å². The van der Waals surface area contributed by atoms with Crippen molar-refractivity contribution in [2.75, 3.05) is 117 Å². The number of fused-ring (bicyclic) bond motifs is 3. The number of hydrogen-bond donors (Lipinski definition) is 3. The summed E-state index contributed by atoms with van der Waals surface area (Å²) in [6.45, 7) is 8.77. The molecule has 19 heteroatoms. The molecular formula is C42H57N9O10. The molecule has 0 atom stereocenters. The first-order valence-corrected chi connectivity index (χ1v) is 20.7. The van der Waals surface area contributed by atoms with E-state index >= 15 is 0 Å². The van der Waals surface area contributed by atoms with Crippen molar-refractivity contribution >= 4 is 46.3 Å². The van der Waals surface area contributed by atoms with Crippen LogP contribution in [0, 0.1) is 0 Å². The molecule has 4 heterocycles. The molecule has 0 bridgehead atoms. The molecule has 2 aromatic carbocycles. The van der Waals surface area contributed by atoms with Crippen LogP contribution in [0.15, 0.2) is 47.1 Å². The van der Waals surface area contributed by atoms with E-state index < -0.39 is 0 Å². The van der Waals surface area contributed by atoms with Crippen LogP contribution in [0.3, 0.4) is 0 Å². The van der Waals surface area contributed by atoms with E-state index in [2.05, 4.69) is 38.5 Å². The zero-order valence-electron chi connectivity index (χ0n) is 34.6. The Hall–Kier alpha value is -5.28. The Labute approximate surface area is 354 Å². The van der Waals surface area contributed by atoms with Crippen LogP contribution in [0.4, 0.5) is 11.8 Å². The van der Waals surface area contributed by atoms with E-state index in [1.54, 1.807) is 6.07 Å². The van der Waals surface area contributed by atoms with Crippen LogP contribution in [0.1, 0.15) is 36.0 Å². The second-order valence-corrected chi connectivity index (χ2v) is 14.2. The molecule has 1 aliphatic heterocycles. The van der Waals surface area contributed by atoms with E-state index in [9.17, 15) is 9.59 Å². The van der Waals surface area contributed by atoms with Crippen molar-refractivity contribution < 1.29 is 47.2 Å². The van der Waals surface area contributed by atoms with Gasteiger partial charge in [-0.2, -0.15) is 10.1 Å². The molecule has 0 saturated carbocycles. The number of ether oxygens (including phenoxy) is 7. The van der Waals surface area contributed by atoms with Gasteiger partial charge < -0.3 is 59.3 Å². The first-order valence-electron chi connectivity index (χ1n) is 20.7. The number of benzene rings is 2. The summed E-state index contributed by atoms with van der Waals surface area (Å²) in [6.07, 6.45) is 5.72. The number of anilines is 2. The van der Waals surface area contributed by atoms with E-state index in [4.69, 9.17) is 54.1 Å². The molecule has 0 spiro atoms. The van der Waals surface area contributed by atoms with Crippen molar-refractivity contribution in [1.82, 2.24) is 34.9 Å². The summed E-state index contributed by atoms with van der Waals surface area (Å²) in [5.74, 6) is 0.306. The molecule has 0 radical (unpaired) electrons. The lowest BCUT2D eigenvalue weighted by Gasteiger charge is -2.29. The van der Waals surface area contributed by atoms with Crippen LogP contribution in [-0.2, 0) is 62.3 Å². The predicted molar refractivity (Wildman–Crippen MR) is 225 cm³/mol. The average molecular weight is 848 g/mol. The van der Waals surface area contributed by atoms with Crippen molar-refractivity contribution in [3.63, 3.8) is 0 Å². The number of rotatable bonds is 30. The van der Waals surface area contributed by atoms with Crippen molar-refractivity contribution in [3.05, 3.63) is 59.4 Å². The summed E-state index contributed by atoms with van der Waals surface area (Å²) >= 11 is 0. The molecule has 3 aromatic heterocycles. The first-order chi connectivity index (χ1) is 30.0. The third-order valence-corrected chi connectivity index (χ3v) is 9.84. The topological polar surface area (TPSA) is 236 Å². The van der Waals surface area contributed by atoms with E-state index in [0.717, 1.165) is 42.4 Å². The van der Waals surface area contributed by atoms with Gasteiger partial charge in [0.05, 0.1) is 84.6 Å². The fourth-order valence-electron chi connectivity index (χ4n) is 6.75. The standard InChI is InChI=1S/C42H57N9O10/c43-40-38-39(33-6-7-36-35(25-33)48-42(44)61-36)49-51(41(38)47-29-46-40)26-31-4-5-34-27-50(10-8-32(34)24-31)37(53)28-60-23-22-55-12-3-1-2-11-54-14-16-57-18-20-59-21-19-58-17-15-56-13-9-45-30-52/h4-7,24-25,29-30H,1-3,8-23,26-28H2,(H2,44,48)(H,45,52)(H2,43,46,47). The number of carbonyl (C=O) groups excluding carboxylic acids is 2. The minimum Gasteiger partial charge on any atom is -0.424 e. The van der Waals surface area contributed by atoms with Gasteiger partial charge in [0, 0.05) is 38.4 Å². The number of oxazole rings is 1. The van der Waals surface area contributed by atoms with Crippen LogP contribution >= 0.6 is 0 Å². The summed E-state index contributed by atoms with van der Waals surface area (Å²) in [7, 11) is 0. The first kappa shape index (κ1) is 45.3. The molecule has 0 fully saturated rings. The molecule has 61 heavy (non-hydrogen) atoms. The van der Waals surface area contributed by atoms with Crippen molar-refractivity contribution in [2.24, 2.45) is 0 Å². The highest BCUT2D eigenvalue weighted by Gasteiger charge is 2.22. The number of nitrogens with two attached hydrogens (primary N) is 2. The normalized spacial score (nSPS) is 12.7. The summed E-state index contributed by atoms with van der Waals surface area (Å²) < 4.78 is 45.9. The van der Waals surface area contributed by atoms with Gasteiger partial charge in [-0.25, -0.2) is 14.6 Å². The lowest BCUT2D eigenvalue weighted by atomic mass is 9.97. The lowest BCUT2D eigenvalue weighted by Crippen LogP contribution is -2.38. The smallest absolute Gasteiger partial charge is 0.292 e. The Bertz CT molecular complexity index is 2110. The SMILES string of the molecule is Nc1nc2cc(-c3nn(Cc4ccc5c(c4)CCN(C(=O)COCCOCCCCCOCCOCCOCCOCCOCCNC=O)C5)c4ncnc(N)c34)ccc2o1. The van der Waals surface area contributed by atoms with Gasteiger partial charge in [0.15, 0.2) is 11.2 Å². The number of nitrogen functional groups attached to an aromatic ring is 2. The largest absolute Gasteiger partial charge is 0.424 e. The number of amides is 2. The van der Waals surface area contributed by atoms with Gasteiger partial charge in [-0.05, 0) is 60.6 Å². The van der Waals surface area contributed by atoms with Crippen LogP contribution in [-0.4, -0.2) is 148 Å². The number of unbranched alkanes of at least 4 members (excludes halogenated alkanes) is 2. The van der Waals surface area contributed by atoms with Crippen molar-refractivity contribution in [3.8, 4) is 11.3 Å². The third kappa shape index (κ3) is 14.1. The van der Waals surface area contributed by atoms with Crippen LogP contribution in [0.25, 0.3) is 33.4 Å². The molecule has 330 valence electrons. The van der Waals surface area contributed by atoms with E-state index in [0.29, 0.717) is 152 Å².